The third-order valence-corrected chi connectivity index (χ3v) is 5.59. The smallest absolute Gasteiger partial charge is 0.294 e. The van der Waals surface area contributed by atoms with Crippen molar-refractivity contribution in [2.75, 3.05) is 18.7 Å². The van der Waals surface area contributed by atoms with Gasteiger partial charge in [-0.05, 0) is 63.6 Å². The van der Waals surface area contributed by atoms with Gasteiger partial charge in [0.2, 0.25) is 12.7 Å². The van der Waals surface area contributed by atoms with Crippen LogP contribution in [0.5, 0.6) is 11.5 Å². The van der Waals surface area contributed by atoms with Crippen molar-refractivity contribution in [3.63, 3.8) is 0 Å². The van der Waals surface area contributed by atoms with Crippen LogP contribution in [-0.4, -0.2) is 35.3 Å². The molecule has 3 amide bonds. The Balaban J connectivity index is 1.44. The molecule has 148 valence electrons. The molecule has 2 heterocycles. The number of nitrogens with one attached hydrogen (secondary N) is 1. The summed E-state index contributed by atoms with van der Waals surface area (Å²) in [6, 6.07) is 9.11. The molecule has 10 heteroatoms. The Bertz CT molecular complexity index is 1070. The average molecular weight is 479 g/mol. The molecule has 29 heavy (non-hydrogen) atoms. The summed E-state index contributed by atoms with van der Waals surface area (Å²) in [6.45, 7) is -0.315. The predicted octanol–water partition coefficient (Wildman–Crippen LogP) is 3.99. The van der Waals surface area contributed by atoms with Gasteiger partial charge in [-0.3, -0.25) is 19.3 Å². The van der Waals surface area contributed by atoms with E-state index in [1.165, 1.54) is 24.3 Å². The van der Waals surface area contributed by atoms with Crippen molar-refractivity contribution in [2.24, 2.45) is 0 Å². The maximum atomic E-state index is 13.3. The first-order chi connectivity index (χ1) is 13.9. The summed E-state index contributed by atoms with van der Waals surface area (Å²) in [6.07, 6.45) is 1.48. The molecule has 0 aromatic heterocycles. The number of rotatable bonds is 4. The van der Waals surface area contributed by atoms with E-state index in [0.29, 0.717) is 22.7 Å². The second kappa shape index (κ2) is 7.88. The molecule has 4 rings (SSSR count). The van der Waals surface area contributed by atoms with Crippen LogP contribution in [0.15, 0.2) is 45.8 Å². The van der Waals surface area contributed by atoms with Crippen LogP contribution in [0.2, 0.25) is 0 Å². The number of anilines is 1. The first-order valence-electron chi connectivity index (χ1n) is 8.30. The molecule has 7 nitrogen and oxygen atoms in total. The topological polar surface area (TPSA) is 84.9 Å². The van der Waals surface area contributed by atoms with Gasteiger partial charge in [-0.15, -0.1) is 0 Å². The van der Waals surface area contributed by atoms with Gasteiger partial charge in [-0.25, -0.2) is 4.39 Å². The number of nitrogens with zero attached hydrogens (tertiary/aromatic N) is 1. The predicted molar refractivity (Wildman–Crippen MR) is 108 cm³/mol. The normalized spacial score (nSPS) is 16.6. The molecule has 1 fully saturated rings. The lowest BCUT2D eigenvalue weighted by Gasteiger charge is -2.12. The zero-order chi connectivity index (χ0) is 20.5. The Morgan fingerprint density at radius 2 is 2.00 bits per heavy atom. The van der Waals surface area contributed by atoms with Gasteiger partial charge >= 0.3 is 0 Å². The molecular weight excluding hydrogens is 467 g/mol. The molecule has 1 N–H and O–H groups in total. The van der Waals surface area contributed by atoms with Crippen LogP contribution in [0, 0.1) is 5.82 Å². The Labute approximate surface area is 177 Å². The van der Waals surface area contributed by atoms with E-state index in [1.807, 2.05) is 0 Å². The quantitative estimate of drug-likeness (QED) is 0.668. The molecule has 2 aliphatic rings. The number of ether oxygens (including phenoxy) is 2. The van der Waals surface area contributed by atoms with Crippen LogP contribution in [0.4, 0.5) is 14.9 Å². The van der Waals surface area contributed by atoms with Crippen LogP contribution >= 0.6 is 27.7 Å². The molecule has 1 saturated heterocycles. The van der Waals surface area contributed by atoms with Gasteiger partial charge in [0.15, 0.2) is 11.5 Å². The highest BCUT2D eigenvalue weighted by Gasteiger charge is 2.36. The lowest BCUT2D eigenvalue weighted by atomic mass is 10.2. The summed E-state index contributed by atoms with van der Waals surface area (Å²) in [4.78, 5) is 38.0. The maximum absolute atomic E-state index is 13.3. The number of benzene rings is 2. The van der Waals surface area contributed by atoms with E-state index in [0.717, 1.165) is 16.7 Å². The van der Waals surface area contributed by atoms with E-state index in [2.05, 4.69) is 21.2 Å². The third kappa shape index (κ3) is 4.13. The fourth-order valence-electron chi connectivity index (χ4n) is 2.71. The van der Waals surface area contributed by atoms with Crippen LogP contribution in [-0.2, 0) is 9.59 Å². The molecule has 0 bridgehead atoms. The van der Waals surface area contributed by atoms with Crippen molar-refractivity contribution >= 4 is 56.5 Å². The van der Waals surface area contributed by atoms with E-state index in [-0.39, 0.29) is 16.2 Å². The third-order valence-electron chi connectivity index (χ3n) is 4.07. The number of fused-ring (bicyclic) bond motifs is 1. The van der Waals surface area contributed by atoms with Gasteiger partial charge in [0.25, 0.3) is 11.1 Å². The zero-order valence-electron chi connectivity index (χ0n) is 14.6. The molecular formula is C19H12BrFN2O5S. The number of carbonyl (C=O) groups excluding carboxylic acids is 3. The van der Waals surface area contributed by atoms with Gasteiger partial charge < -0.3 is 14.8 Å². The highest BCUT2D eigenvalue weighted by Crippen LogP contribution is 2.35. The summed E-state index contributed by atoms with van der Waals surface area (Å²) in [5.74, 6) is -0.470. The molecule has 0 aliphatic carbocycles. The number of halogens is 2. The minimum absolute atomic E-state index is 0.112. The van der Waals surface area contributed by atoms with Gasteiger partial charge in [-0.1, -0.05) is 6.07 Å². The molecule has 0 spiro atoms. The number of imide groups is 1. The van der Waals surface area contributed by atoms with E-state index < -0.39 is 29.4 Å². The minimum atomic E-state index is -0.582. The number of thioether (sulfide) groups is 1. The molecule has 0 saturated carbocycles. The van der Waals surface area contributed by atoms with Crippen molar-refractivity contribution in [3.05, 3.63) is 57.2 Å². The summed E-state index contributed by atoms with van der Waals surface area (Å²) in [7, 11) is 0. The second-order valence-electron chi connectivity index (χ2n) is 6.06. The summed E-state index contributed by atoms with van der Waals surface area (Å²) < 4.78 is 24.0. The van der Waals surface area contributed by atoms with Gasteiger partial charge in [-0.2, -0.15) is 0 Å². The minimum Gasteiger partial charge on any atom is -0.454 e. The van der Waals surface area contributed by atoms with Crippen molar-refractivity contribution in [3.8, 4) is 11.5 Å². The van der Waals surface area contributed by atoms with Crippen molar-refractivity contribution in [2.45, 2.75) is 0 Å². The van der Waals surface area contributed by atoms with E-state index in [4.69, 9.17) is 9.47 Å². The van der Waals surface area contributed by atoms with Gasteiger partial charge in [0.1, 0.15) is 12.4 Å². The van der Waals surface area contributed by atoms with Crippen LogP contribution in [0.1, 0.15) is 5.56 Å². The first-order valence-corrected chi connectivity index (χ1v) is 9.91. The number of amides is 3. The van der Waals surface area contributed by atoms with Gasteiger partial charge in [0.05, 0.1) is 9.38 Å². The summed E-state index contributed by atoms with van der Waals surface area (Å²) in [5, 5.41) is 2.07. The fraction of sp³-hybridized carbons (Fsp3) is 0.105. The molecule has 2 aromatic carbocycles. The highest BCUT2D eigenvalue weighted by molar-refractivity contribution is 9.10. The van der Waals surface area contributed by atoms with Crippen molar-refractivity contribution < 1.29 is 28.2 Å². The lowest BCUT2D eigenvalue weighted by Crippen LogP contribution is -2.36. The highest BCUT2D eigenvalue weighted by atomic mass is 79.9. The Hall–Kier alpha value is -2.85. The SMILES string of the molecule is O=C(CN1C(=O)S/C(=C/c2ccc(F)c(Br)c2)C1=O)Nc1ccc2c(c1)OCO2. The first kappa shape index (κ1) is 19.5. The fourth-order valence-corrected chi connectivity index (χ4v) is 3.94. The van der Waals surface area contributed by atoms with Crippen LogP contribution in [0.25, 0.3) is 6.08 Å². The second-order valence-corrected chi connectivity index (χ2v) is 7.91. The zero-order valence-corrected chi connectivity index (χ0v) is 17.0. The maximum Gasteiger partial charge on any atom is 0.294 e. The largest absolute Gasteiger partial charge is 0.454 e. The van der Waals surface area contributed by atoms with Crippen molar-refractivity contribution in [1.82, 2.24) is 4.90 Å². The average Bonchev–Trinajstić information content (AvgIpc) is 3.24. The molecule has 2 aliphatic heterocycles. The molecule has 0 radical (unpaired) electrons. The molecule has 0 unspecified atom stereocenters. The number of hydrogen-bond donors (Lipinski definition) is 1. The Kier molecular flexibility index (Phi) is 5.29. The lowest BCUT2D eigenvalue weighted by molar-refractivity contribution is -0.127. The van der Waals surface area contributed by atoms with E-state index in [1.54, 1.807) is 18.2 Å². The van der Waals surface area contributed by atoms with Crippen molar-refractivity contribution in [1.29, 1.82) is 0 Å². The summed E-state index contributed by atoms with van der Waals surface area (Å²) >= 11 is 3.80. The molecule has 2 aromatic rings. The Morgan fingerprint density at radius 3 is 2.79 bits per heavy atom. The van der Waals surface area contributed by atoms with Crippen LogP contribution in [0.3, 0.4) is 0 Å². The van der Waals surface area contributed by atoms with Crippen LogP contribution < -0.4 is 14.8 Å². The number of carbonyl (C=O) groups is 3. The summed E-state index contributed by atoms with van der Waals surface area (Å²) in [5.41, 5.74) is 1.01. The Morgan fingerprint density at radius 1 is 1.21 bits per heavy atom. The number of hydrogen-bond acceptors (Lipinski definition) is 6. The van der Waals surface area contributed by atoms with E-state index in [9.17, 15) is 18.8 Å². The molecule has 0 atom stereocenters. The van der Waals surface area contributed by atoms with Gasteiger partial charge in [0, 0.05) is 11.8 Å². The van der Waals surface area contributed by atoms with E-state index >= 15 is 0 Å². The standard InChI is InChI=1S/C19H12BrFN2O5S/c20-12-5-10(1-3-13(12)21)6-16-18(25)23(19(26)29-16)8-17(24)22-11-2-4-14-15(7-11)28-9-27-14/h1-7H,8-9H2,(H,22,24)/b16-6+. The monoisotopic (exact) mass is 478 g/mol.